The van der Waals surface area contributed by atoms with Crippen molar-refractivity contribution in [3.63, 3.8) is 0 Å². The highest BCUT2D eigenvalue weighted by atomic mass is 16.5. The van der Waals surface area contributed by atoms with Crippen molar-refractivity contribution >= 4 is 5.96 Å². The Morgan fingerprint density at radius 1 is 1.28 bits per heavy atom. The molecule has 1 aromatic heterocycles. The summed E-state index contributed by atoms with van der Waals surface area (Å²) in [4.78, 5) is 4.36. The zero-order valence-electron chi connectivity index (χ0n) is 16.3. The topological polar surface area (TPSA) is 71.7 Å². The number of aromatic nitrogens is 1. The number of guanidine groups is 1. The average Bonchev–Trinajstić information content (AvgIpc) is 3.21. The normalized spacial score (nSPS) is 17.0. The fraction of sp³-hybridized carbons (Fsp3) is 0.789. The van der Waals surface area contributed by atoms with Gasteiger partial charge in [0.25, 0.3) is 0 Å². The molecule has 0 aliphatic heterocycles. The van der Waals surface area contributed by atoms with Crippen LogP contribution in [0.3, 0.4) is 0 Å². The van der Waals surface area contributed by atoms with E-state index in [-0.39, 0.29) is 0 Å². The van der Waals surface area contributed by atoms with Gasteiger partial charge in [-0.25, -0.2) is 0 Å². The van der Waals surface area contributed by atoms with E-state index in [0.717, 1.165) is 56.4 Å². The highest BCUT2D eigenvalue weighted by Gasteiger charge is 2.33. The highest BCUT2D eigenvalue weighted by Crippen LogP contribution is 2.40. The van der Waals surface area contributed by atoms with E-state index in [9.17, 15) is 0 Å². The van der Waals surface area contributed by atoms with Crippen molar-refractivity contribution in [1.82, 2.24) is 15.8 Å². The van der Waals surface area contributed by atoms with Crippen LogP contribution in [0.1, 0.15) is 55.5 Å². The van der Waals surface area contributed by atoms with Crippen molar-refractivity contribution < 1.29 is 9.26 Å². The van der Waals surface area contributed by atoms with Gasteiger partial charge in [-0.2, -0.15) is 0 Å². The Morgan fingerprint density at radius 3 is 2.64 bits per heavy atom. The first-order valence-electron chi connectivity index (χ1n) is 9.45. The molecule has 0 radical (unpaired) electrons. The maximum absolute atomic E-state index is 5.31. The molecule has 6 nitrogen and oxygen atoms in total. The first kappa shape index (κ1) is 19.8. The second-order valence-electron chi connectivity index (χ2n) is 7.21. The van der Waals surface area contributed by atoms with Gasteiger partial charge in [0.1, 0.15) is 5.76 Å². The molecule has 1 aromatic rings. The molecule has 1 saturated carbocycles. The van der Waals surface area contributed by atoms with Crippen LogP contribution in [0, 0.1) is 19.3 Å². The van der Waals surface area contributed by atoms with E-state index in [2.05, 4.69) is 20.8 Å². The molecule has 142 valence electrons. The predicted molar refractivity (Wildman–Crippen MR) is 101 cm³/mol. The maximum Gasteiger partial charge on any atom is 0.190 e. The number of aryl methyl sites for hydroxylation is 2. The van der Waals surface area contributed by atoms with Crippen molar-refractivity contribution in [2.24, 2.45) is 10.4 Å². The standard InChI is InChI=1S/C19H34N4O2/c1-15-17(16(2)25-23-15)8-7-12-21-18(20-3)22-14-19(11-13-24-4)9-5-6-10-19/h5-14H2,1-4H3,(H2,20,21,22). The van der Waals surface area contributed by atoms with Gasteiger partial charge >= 0.3 is 0 Å². The quantitative estimate of drug-likeness (QED) is 0.407. The van der Waals surface area contributed by atoms with Gasteiger partial charge in [0, 0.05) is 39.4 Å². The summed E-state index contributed by atoms with van der Waals surface area (Å²) in [6, 6.07) is 0. The Bertz CT molecular complexity index is 528. The molecular weight excluding hydrogens is 316 g/mol. The Balaban J connectivity index is 1.73. The predicted octanol–water partition coefficient (Wildman–Crippen LogP) is 2.99. The van der Waals surface area contributed by atoms with Crippen LogP contribution in [-0.2, 0) is 11.2 Å². The van der Waals surface area contributed by atoms with Crippen LogP contribution in [-0.4, -0.2) is 45.0 Å². The van der Waals surface area contributed by atoms with Crippen molar-refractivity contribution in [1.29, 1.82) is 0 Å². The van der Waals surface area contributed by atoms with E-state index in [0.29, 0.717) is 5.41 Å². The number of aliphatic imine (C=N–C) groups is 1. The summed E-state index contributed by atoms with van der Waals surface area (Å²) in [7, 11) is 3.62. The molecule has 25 heavy (non-hydrogen) atoms. The first-order valence-corrected chi connectivity index (χ1v) is 9.45. The lowest BCUT2D eigenvalue weighted by Gasteiger charge is -2.30. The number of nitrogens with one attached hydrogen (secondary N) is 2. The highest BCUT2D eigenvalue weighted by molar-refractivity contribution is 5.79. The second-order valence-corrected chi connectivity index (χ2v) is 7.21. The lowest BCUT2D eigenvalue weighted by molar-refractivity contribution is 0.138. The Labute approximate surface area is 151 Å². The third-order valence-electron chi connectivity index (χ3n) is 5.43. The molecule has 0 spiro atoms. The van der Waals surface area contributed by atoms with Gasteiger partial charge in [-0.05, 0) is 51.4 Å². The smallest absolute Gasteiger partial charge is 0.190 e. The third kappa shape index (κ3) is 5.73. The molecule has 1 fully saturated rings. The zero-order valence-corrected chi connectivity index (χ0v) is 16.3. The molecule has 1 heterocycles. The van der Waals surface area contributed by atoms with Gasteiger partial charge < -0.3 is 19.9 Å². The molecule has 0 unspecified atom stereocenters. The maximum atomic E-state index is 5.31. The van der Waals surface area contributed by atoms with Crippen molar-refractivity contribution in [3.05, 3.63) is 17.0 Å². The zero-order chi connectivity index (χ0) is 18.1. The minimum Gasteiger partial charge on any atom is -0.385 e. The fourth-order valence-corrected chi connectivity index (χ4v) is 3.78. The Kier molecular flexibility index (Phi) is 7.75. The fourth-order valence-electron chi connectivity index (χ4n) is 3.78. The summed E-state index contributed by atoms with van der Waals surface area (Å²) in [5, 5.41) is 11.0. The van der Waals surface area contributed by atoms with Crippen LogP contribution in [0.15, 0.2) is 9.52 Å². The Hall–Kier alpha value is -1.56. The van der Waals surface area contributed by atoms with Gasteiger partial charge in [-0.15, -0.1) is 0 Å². The summed E-state index contributed by atoms with van der Waals surface area (Å²) in [6.45, 7) is 6.67. The molecule has 0 saturated heterocycles. The lowest BCUT2D eigenvalue weighted by atomic mass is 9.83. The average molecular weight is 351 g/mol. The van der Waals surface area contributed by atoms with Gasteiger partial charge in [0.15, 0.2) is 5.96 Å². The van der Waals surface area contributed by atoms with Crippen LogP contribution in [0.4, 0.5) is 0 Å². The minimum atomic E-state index is 0.365. The summed E-state index contributed by atoms with van der Waals surface area (Å²) in [6.07, 6.45) is 8.35. The number of nitrogens with zero attached hydrogens (tertiary/aromatic N) is 2. The number of hydrogen-bond donors (Lipinski definition) is 2. The number of methoxy groups -OCH3 is 1. The van der Waals surface area contributed by atoms with Crippen LogP contribution in [0.25, 0.3) is 0 Å². The van der Waals surface area contributed by atoms with E-state index >= 15 is 0 Å². The molecule has 0 aromatic carbocycles. The molecule has 1 aliphatic rings. The van der Waals surface area contributed by atoms with Gasteiger partial charge in [0.2, 0.25) is 0 Å². The summed E-state index contributed by atoms with van der Waals surface area (Å²) >= 11 is 0. The van der Waals surface area contributed by atoms with Crippen molar-refractivity contribution in [2.45, 2.75) is 58.8 Å². The van der Waals surface area contributed by atoms with Crippen LogP contribution < -0.4 is 10.6 Å². The third-order valence-corrected chi connectivity index (χ3v) is 5.43. The molecular formula is C19H34N4O2. The van der Waals surface area contributed by atoms with Crippen LogP contribution in [0.2, 0.25) is 0 Å². The van der Waals surface area contributed by atoms with E-state index in [1.165, 1.54) is 31.2 Å². The largest absolute Gasteiger partial charge is 0.385 e. The molecule has 0 amide bonds. The van der Waals surface area contributed by atoms with Crippen LogP contribution in [0.5, 0.6) is 0 Å². The van der Waals surface area contributed by atoms with Crippen molar-refractivity contribution in [3.8, 4) is 0 Å². The monoisotopic (exact) mass is 350 g/mol. The van der Waals surface area contributed by atoms with Crippen LogP contribution >= 0.6 is 0 Å². The second kappa shape index (κ2) is 9.80. The van der Waals surface area contributed by atoms with Gasteiger partial charge in [-0.1, -0.05) is 18.0 Å². The molecule has 6 heteroatoms. The summed E-state index contributed by atoms with van der Waals surface area (Å²) in [5.74, 6) is 1.82. The number of hydrogen-bond acceptors (Lipinski definition) is 4. The molecule has 2 N–H and O–H groups in total. The number of rotatable bonds is 9. The minimum absolute atomic E-state index is 0.365. The van der Waals surface area contributed by atoms with E-state index < -0.39 is 0 Å². The van der Waals surface area contributed by atoms with E-state index in [1.54, 1.807) is 7.11 Å². The van der Waals surface area contributed by atoms with Gasteiger partial charge in [0.05, 0.1) is 5.69 Å². The summed E-state index contributed by atoms with van der Waals surface area (Å²) < 4.78 is 10.5. The molecule has 2 rings (SSSR count). The van der Waals surface area contributed by atoms with E-state index in [1.807, 2.05) is 20.9 Å². The molecule has 1 aliphatic carbocycles. The first-order chi connectivity index (χ1) is 12.1. The SMILES string of the molecule is CN=C(NCCCc1c(C)noc1C)NCC1(CCOC)CCCC1. The van der Waals surface area contributed by atoms with Crippen molar-refractivity contribution in [2.75, 3.05) is 33.9 Å². The van der Waals surface area contributed by atoms with Gasteiger partial charge in [-0.3, -0.25) is 4.99 Å². The summed E-state index contributed by atoms with van der Waals surface area (Å²) in [5.41, 5.74) is 2.60. The molecule has 0 bridgehead atoms. The number of ether oxygens (including phenoxy) is 1. The molecule has 0 atom stereocenters. The van der Waals surface area contributed by atoms with E-state index in [4.69, 9.17) is 9.26 Å². The lowest BCUT2D eigenvalue weighted by Crippen LogP contribution is -2.43. The Morgan fingerprint density at radius 2 is 2.04 bits per heavy atom.